The maximum Gasteiger partial charge on any atom is 0.299 e. The van der Waals surface area contributed by atoms with Crippen molar-refractivity contribution >= 4 is 15.9 Å². The molecule has 0 bridgehead atoms. The first-order chi connectivity index (χ1) is 8.61. The number of para-hydroxylation sites is 1. The fourth-order valence-electron chi connectivity index (χ4n) is 1.42. The van der Waals surface area contributed by atoms with Gasteiger partial charge in [-0.2, -0.15) is 13.1 Å². The van der Waals surface area contributed by atoms with E-state index in [-0.39, 0.29) is 12.6 Å². The molecule has 18 heavy (non-hydrogen) atoms. The van der Waals surface area contributed by atoms with Crippen molar-refractivity contribution in [3.05, 3.63) is 29.8 Å². The molecule has 4 N–H and O–H groups in total. The molecule has 0 spiro atoms. The van der Waals surface area contributed by atoms with Crippen molar-refractivity contribution in [1.82, 2.24) is 4.72 Å². The lowest BCUT2D eigenvalue weighted by atomic mass is 10.2. The summed E-state index contributed by atoms with van der Waals surface area (Å²) in [4.78, 5) is 0. The molecule has 1 aliphatic rings. The average Bonchev–Trinajstić information content (AvgIpc) is 3.10. The van der Waals surface area contributed by atoms with E-state index < -0.39 is 10.2 Å². The quantitative estimate of drug-likeness (QED) is 0.689. The normalized spacial score (nSPS) is 14.7. The van der Waals surface area contributed by atoms with Crippen LogP contribution in [-0.4, -0.2) is 21.0 Å². The summed E-state index contributed by atoms with van der Waals surface area (Å²) in [5, 5.41) is 0. The second kappa shape index (κ2) is 5.40. The second-order valence-corrected chi connectivity index (χ2v) is 5.50. The Bertz CT molecular complexity index is 583. The van der Waals surface area contributed by atoms with Gasteiger partial charge in [-0.15, -0.1) is 0 Å². The average molecular weight is 265 g/mol. The summed E-state index contributed by atoms with van der Waals surface area (Å²) in [5.41, 5.74) is 6.38. The van der Waals surface area contributed by atoms with Crippen molar-refractivity contribution in [3.8, 4) is 11.8 Å². The molecule has 1 saturated carbocycles. The van der Waals surface area contributed by atoms with Crippen molar-refractivity contribution < 1.29 is 8.42 Å². The van der Waals surface area contributed by atoms with E-state index in [2.05, 4.69) is 21.3 Å². The first-order valence-electron chi connectivity index (χ1n) is 5.69. The molecule has 96 valence electrons. The summed E-state index contributed by atoms with van der Waals surface area (Å²) >= 11 is 0. The predicted molar refractivity (Wildman–Crippen MR) is 71.1 cm³/mol. The van der Waals surface area contributed by atoms with E-state index in [4.69, 9.17) is 5.73 Å². The van der Waals surface area contributed by atoms with Crippen LogP contribution in [0.15, 0.2) is 24.3 Å². The van der Waals surface area contributed by atoms with Gasteiger partial charge in [0.1, 0.15) is 0 Å². The number of nitrogens with two attached hydrogens (primary N) is 1. The van der Waals surface area contributed by atoms with Crippen LogP contribution in [0, 0.1) is 11.8 Å². The zero-order chi connectivity index (χ0) is 13.0. The van der Waals surface area contributed by atoms with Crippen LogP contribution >= 0.6 is 0 Å². The molecule has 1 fully saturated rings. The molecule has 5 nitrogen and oxygen atoms in total. The van der Waals surface area contributed by atoms with Gasteiger partial charge in [0.2, 0.25) is 0 Å². The molecular weight excluding hydrogens is 250 g/mol. The third kappa shape index (κ3) is 3.74. The lowest BCUT2D eigenvalue weighted by molar-refractivity contribution is 0.586. The molecular formula is C12H15N3O2S. The lowest BCUT2D eigenvalue weighted by Gasteiger charge is -2.10. The Kier molecular flexibility index (Phi) is 3.87. The molecule has 0 radical (unpaired) electrons. The summed E-state index contributed by atoms with van der Waals surface area (Å²) in [6.07, 6.45) is 1.80. The highest BCUT2D eigenvalue weighted by atomic mass is 32.2. The van der Waals surface area contributed by atoms with Gasteiger partial charge >= 0.3 is 0 Å². The van der Waals surface area contributed by atoms with Gasteiger partial charge in [-0.1, -0.05) is 24.0 Å². The number of hydrogen-bond donors (Lipinski definition) is 3. The fourth-order valence-corrected chi connectivity index (χ4v) is 2.62. The maximum absolute atomic E-state index is 11.8. The summed E-state index contributed by atoms with van der Waals surface area (Å²) < 4.78 is 28.6. The van der Waals surface area contributed by atoms with Crippen LogP contribution < -0.4 is 15.2 Å². The zero-order valence-electron chi connectivity index (χ0n) is 9.81. The molecule has 2 rings (SSSR count). The topological polar surface area (TPSA) is 84.2 Å². The van der Waals surface area contributed by atoms with E-state index in [1.54, 1.807) is 24.3 Å². The van der Waals surface area contributed by atoms with Crippen molar-refractivity contribution in [2.24, 2.45) is 5.73 Å². The molecule has 1 aromatic carbocycles. The SMILES string of the molecule is NCC#Cc1ccccc1NS(=O)(=O)NC1CC1. The van der Waals surface area contributed by atoms with Crippen molar-refractivity contribution in [1.29, 1.82) is 0 Å². The predicted octanol–water partition coefficient (Wildman–Crippen LogP) is 0.405. The van der Waals surface area contributed by atoms with Crippen LogP contribution in [0.1, 0.15) is 18.4 Å². The Morgan fingerprint density at radius 3 is 2.72 bits per heavy atom. The van der Waals surface area contributed by atoms with Crippen LogP contribution in [0.3, 0.4) is 0 Å². The first-order valence-corrected chi connectivity index (χ1v) is 7.17. The van der Waals surface area contributed by atoms with Crippen LogP contribution in [0.5, 0.6) is 0 Å². The molecule has 0 unspecified atom stereocenters. The zero-order valence-corrected chi connectivity index (χ0v) is 10.6. The first kappa shape index (κ1) is 12.9. The van der Waals surface area contributed by atoms with E-state index in [9.17, 15) is 8.42 Å². The third-order valence-corrected chi connectivity index (χ3v) is 3.53. The molecule has 0 heterocycles. The Morgan fingerprint density at radius 1 is 1.33 bits per heavy atom. The van der Waals surface area contributed by atoms with Gasteiger partial charge in [-0.25, -0.2) is 0 Å². The minimum Gasteiger partial charge on any atom is -0.320 e. The molecule has 0 atom stereocenters. The number of rotatable bonds is 4. The standard InChI is InChI=1S/C12H15N3O2S/c13-9-3-5-10-4-1-2-6-12(10)15-18(16,17)14-11-7-8-11/h1-2,4,6,11,14-15H,7-9,13H2. The third-order valence-electron chi connectivity index (χ3n) is 2.40. The highest BCUT2D eigenvalue weighted by Gasteiger charge is 2.27. The smallest absolute Gasteiger partial charge is 0.299 e. The molecule has 1 aliphatic carbocycles. The Balaban J connectivity index is 2.17. The Hall–Kier alpha value is -1.55. The van der Waals surface area contributed by atoms with Gasteiger partial charge in [-0.05, 0) is 25.0 Å². The van der Waals surface area contributed by atoms with Gasteiger partial charge < -0.3 is 5.73 Å². The van der Waals surface area contributed by atoms with E-state index in [0.29, 0.717) is 11.3 Å². The summed E-state index contributed by atoms with van der Waals surface area (Å²) in [6.45, 7) is 0.238. The molecule has 0 aromatic heterocycles. The van der Waals surface area contributed by atoms with Crippen molar-refractivity contribution in [2.45, 2.75) is 18.9 Å². The van der Waals surface area contributed by atoms with E-state index in [1.807, 2.05) is 0 Å². The van der Waals surface area contributed by atoms with Gasteiger partial charge in [-0.3, -0.25) is 4.72 Å². The monoisotopic (exact) mass is 265 g/mol. The van der Waals surface area contributed by atoms with E-state index >= 15 is 0 Å². The summed E-state index contributed by atoms with van der Waals surface area (Å²) in [7, 11) is -3.52. The Labute approximate surface area is 107 Å². The molecule has 1 aromatic rings. The van der Waals surface area contributed by atoms with Crippen molar-refractivity contribution in [3.63, 3.8) is 0 Å². The van der Waals surface area contributed by atoms with Crippen molar-refractivity contribution in [2.75, 3.05) is 11.3 Å². The molecule has 0 aliphatic heterocycles. The lowest BCUT2D eigenvalue weighted by Crippen LogP contribution is -2.32. The largest absolute Gasteiger partial charge is 0.320 e. The number of nitrogens with one attached hydrogen (secondary N) is 2. The second-order valence-electron chi connectivity index (χ2n) is 4.05. The summed E-state index contributed by atoms with van der Waals surface area (Å²) in [5.74, 6) is 5.54. The minimum absolute atomic E-state index is 0.0739. The molecule has 0 saturated heterocycles. The molecule has 6 heteroatoms. The van der Waals surface area contributed by atoms with E-state index in [1.165, 1.54) is 0 Å². The highest BCUT2D eigenvalue weighted by molar-refractivity contribution is 7.90. The minimum atomic E-state index is -3.52. The van der Waals surface area contributed by atoms with Gasteiger partial charge in [0.15, 0.2) is 0 Å². The fraction of sp³-hybridized carbons (Fsp3) is 0.333. The summed E-state index contributed by atoms with van der Waals surface area (Å²) in [6, 6.07) is 7.05. The van der Waals surface area contributed by atoms with Gasteiger partial charge in [0, 0.05) is 11.6 Å². The van der Waals surface area contributed by atoms with Crippen LogP contribution in [0.25, 0.3) is 0 Å². The van der Waals surface area contributed by atoms with Crippen LogP contribution in [0.2, 0.25) is 0 Å². The highest BCUT2D eigenvalue weighted by Crippen LogP contribution is 2.21. The van der Waals surface area contributed by atoms with E-state index in [0.717, 1.165) is 12.8 Å². The number of anilines is 1. The molecule has 0 amide bonds. The number of hydrogen-bond acceptors (Lipinski definition) is 3. The van der Waals surface area contributed by atoms with Crippen LogP contribution in [-0.2, 0) is 10.2 Å². The van der Waals surface area contributed by atoms with Gasteiger partial charge in [0.05, 0.1) is 12.2 Å². The number of benzene rings is 1. The maximum atomic E-state index is 11.8. The van der Waals surface area contributed by atoms with Crippen LogP contribution in [0.4, 0.5) is 5.69 Å². The Morgan fingerprint density at radius 2 is 2.06 bits per heavy atom. The van der Waals surface area contributed by atoms with Gasteiger partial charge in [0.25, 0.3) is 10.2 Å².